The largest absolute Gasteiger partial charge is 0.466 e. The lowest BCUT2D eigenvalue weighted by Gasteiger charge is -2.13. The summed E-state index contributed by atoms with van der Waals surface area (Å²) in [6, 6.07) is 2.11. The van der Waals surface area contributed by atoms with Crippen molar-refractivity contribution in [3.8, 4) is 0 Å². The highest BCUT2D eigenvalue weighted by molar-refractivity contribution is 9.10. The van der Waals surface area contributed by atoms with Crippen molar-refractivity contribution >= 4 is 33.2 Å². The molecule has 0 spiro atoms. The molecule has 5 heteroatoms. The molecule has 0 N–H and O–H groups in total. The number of halogens is 1. The van der Waals surface area contributed by atoms with E-state index in [4.69, 9.17) is 0 Å². The molecule has 0 saturated carbocycles. The number of carbonyl (C=O) groups excluding carboxylic acids is 1. The Labute approximate surface area is 114 Å². The van der Waals surface area contributed by atoms with Gasteiger partial charge in [-0.15, -0.1) is 11.3 Å². The van der Waals surface area contributed by atoms with E-state index in [1.165, 1.54) is 12.0 Å². The molecule has 17 heavy (non-hydrogen) atoms. The minimum absolute atomic E-state index is 0.266. The van der Waals surface area contributed by atoms with Gasteiger partial charge in [-0.1, -0.05) is 6.08 Å². The van der Waals surface area contributed by atoms with Gasteiger partial charge in [0.1, 0.15) is 0 Å². The predicted octanol–water partition coefficient (Wildman–Crippen LogP) is 3.06. The van der Waals surface area contributed by atoms with Crippen LogP contribution in [0.2, 0.25) is 0 Å². The Balaban J connectivity index is 2.45. The summed E-state index contributed by atoms with van der Waals surface area (Å²) < 4.78 is 5.75. The van der Waals surface area contributed by atoms with E-state index in [1.807, 2.05) is 13.1 Å². The molecule has 0 aliphatic heterocycles. The Morgan fingerprint density at radius 1 is 1.65 bits per heavy atom. The van der Waals surface area contributed by atoms with Crippen LogP contribution in [0.25, 0.3) is 0 Å². The van der Waals surface area contributed by atoms with Crippen molar-refractivity contribution in [1.29, 1.82) is 0 Å². The van der Waals surface area contributed by atoms with Gasteiger partial charge in [0.25, 0.3) is 0 Å². The van der Waals surface area contributed by atoms with Crippen LogP contribution in [0.15, 0.2) is 27.6 Å². The van der Waals surface area contributed by atoms with Gasteiger partial charge in [-0.05, 0) is 36.0 Å². The molecule has 0 amide bonds. The number of nitrogens with zero attached hydrogens (tertiary/aromatic N) is 1. The molecule has 0 aliphatic rings. The summed E-state index contributed by atoms with van der Waals surface area (Å²) in [6.07, 6.45) is 1.88. The zero-order valence-corrected chi connectivity index (χ0v) is 12.6. The first kappa shape index (κ1) is 14.4. The van der Waals surface area contributed by atoms with Crippen LogP contribution in [0.1, 0.15) is 11.8 Å². The number of esters is 1. The van der Waals surface area contributed by atoms with Crippen LogP contribution in [-0.4, -0.2) is 31.6 Å². The molecular formula is C12H16BrNO2S. The van der Waals surface area contributed by atoms with Crippen LogP contribution >= 0.6 is 27.3 Å². The Hall–Kier alpha value is -0.650. The van der Waals surface area contributed by atoms with Crippen molar-refractivity contribution in [2.45, 2.75) is 13.5 Å². The highest BCUT2D eigenvalue weighted by Gasteiger charge is 2.05. The van der Waals surface area contributed by atoms with Gasteiger partial charge < -0.3 is 4.74 Å². The van der Waals surface area contributed by atoms with Gasteiger partial charge in [0.2, 0.25) is 0 Å². The number of hydrogen-bond donors (Lipinski definition) is 0. The quantitative estimate of drug-likeness (QED) is 0.617. The molecule has 0 aromatic carbocycles. The van der Waals surface area contributed by atoms with Crippen LogP contribution in [0, 0.1) is 0 Å². The molecule has 0 saturated heterocycles. The molecule has 94 valence electrons. The smallest absolute Gasteiger partial charge is 0.333 e. The van der Waals surface area contributed by atoms with Crippen molar-refractivity contribution in [3.63, 3.8) is 0 Å². The summed E-state index contributed by atoms with van der Waals surface area (Å²) >= 11 is 5.15. The van der Waals surface area contributed by atoms with E-state index >= 15 is 0 Å². The highest BCUT2D eigenvalue weighted by atomic mass is 79.9. The fraction of sp³-hybridized carbons (Fsp3) is 0.417. The monoisotopic (exact) mass is 317 g/mol. The van der Waals surface area contributed by atoms with Crippen molar-refractivity contribution < 1.29 is 9.53 Å². The van der Waals surface area contributed by atoms with Gasteiger partial charge in [-0.2, -0.15) is 0 Å². The second-order valence-corrected chi connectivity index (χ2v) is 5.72. The molecule has 0 aliphatic carbocycles. The summed E-state index contributed by atoms with van der Waals surface area (Å²) in [4.78, 5) is 14.6. The van der Waals surface area contributed by atoms with Crippen molar-refractivity contribution in [1.82, 2.24) is 4.90 Å². The molecule has 3 nitrogen and oxygen atoms in total. The number of rotatable bonds is 5. The number of hydrogen-bond acceptors (Lipinski definition) is 4. The second kappa shape index (κ2) is 6.93. The normalized spacial score (nSPS) is 11.9. The third-order valence-corrected chi connectivity index (χ3v) is 3.95. The number of likely N-dealkylation sites (N-methyl/N-ethyl adjacent to an activating group) is 1. The van der Waals surface area contributed by atoms with Gasteiger partial charge >= 0.3 is 5.97 Å². The molecule has 1 aromatic heterocycles. The van der Waals surface area contributed by atoms with Crippen LogP contribution in [0.4, 0.5) is 0 Å². The van der Waals surface area contributed by atoms with Crippen molar-refractivity contribution in [2.75, 3.05) is 20.7 Å². The standard InChI is InChI=1S/C12H16BrNO2S/c1-9(12(15)16-3)4-5-14(2)7-11-6-10(13)8-17-11/h4,6,8H,5,7H2,1-3H3. The fourth-order valence-electron chi connectivity index (χ4n) is 1.30. The van der Waals surface area contributed by atoms with Gasteiger partial charge in [0.05, 0.1) is 7.11 Å². The lowest BCUT2D eigenvalue weighted by molar-refractivity contribution is -0.136. The zero-order chi connectivity index (χ0) is 12.8. The van der Waals surface area contributed by atoms with E-state index in [2.05, 4.69) is 37.0 Å². The molecule has 1 heterocycles. The Kier molecular flexibility index (Phi) is 5.88. The molecule has 0 unspecified atom stereocenters. The topological polar surface area (TPSA) is 29.5 Å². The highest BCUT2D eigenvalue weighted by Crippen LogP contribution is 2.20. The van der Waals surface area contributed by atoms with Crippen molar-refractivity contribution in [3.05, 3.63) is 32.4 Å². The van der Waals surface area contributed by atoms with E-state index in [0.29, 0.717) is 5.57 Å². The predicted molar refractivity (Wildman–Crippen MR) is 74.1 cm³/mol. The average Bonchev–Trinajstić information content (AvgIpc) is 2.70. The van der Waals surface area contributed by atoms with Crippen LogP contribution in [-0.2, 0) is 16.1 Å². The molecule has 0 atom stereocenters. The van der Waals surface area contributed by atoms with Crippen LogP contribution in [0.3, 0.4) is 0 Å². The SMILES string of the molecule is COC(=O)C(C)=CCN(C)Cc1cc(Br)cs1. The van der Waals surface area contributed by atoms with Gasteiger partial charge in [0, 0.05) is 33.4 Å². The van der Waals surface area contributed by atoms with Gasteiger partial charge in [-0.3, -0.25) is 4.90 Å². The first-order chi connectivity index (χ1) is 8.02. The summed E-state index contributed by atoms with van der Waals surface area (Å²) in [5.74, 6) is -0.266. The van der Waals surface area contributed by atoms with E-state index in [1.54, 1.807) is 18.3 Å². The van der Waals surface area contributed by atoms with Crippen LogP contribution < -0.4 is 0 Å². The summed E-state index contributed by atoms with van der Waals surface area (Å²) in [7, 11) is 3.42. The molecule has 1 aromatic rings. The summed E-state index contributed by atoms with van der Waals surface area (Å²) in [5, 5.41) is 2.07. The molecule has 0 bridgehead atoms. The maximum absolute atomic E-state index is 11.2. The number of methoxy groups -OCH3 is 1. The molecule has 0 radical (unpaired) electrons. The first-order valence-corrected chi connectivity index (χ1v) is 6.86. The zero-order valence-electron chi connectivity index (χ0n) is 10.2. The molecule has 0 fully saturated rings. The lowest BCUT2D eigenvalue weighted by atomic mass is 10.3. The Morgan fingerprint density at radius 3 is 2.88 bits per heavy atom. The lowest BCUT2D eigenvalue weighted by Crippen LogP contribution is -2.18. The summed E-state index contributed by atoms with van der Waals surface area (Å²) in [6.45, 7) is 3.37. The maximum Gasteiger partial charge on any atom is 0.333 e. The third-order valence-electron chi connectivity index (χ3n) is 2.26. The van der Waals surface area contributed by atoms with E-state index in [-0.39, 0.29) is 5.97 Å². The van der Waals surface area contributed by atoms with Gasteiger partial charge in [0.15, 0.2) is 0 Å². The second-order valence-electron chi connectivity index (χ2n) is 3.81. The number of thiophene rings is 1. The third kappa shape index (κ3) is 5.02. The maximum atomic E-state index is 11.2. The van der Waals surface area contributed by atoms with Gasteiger partial charge in [-0.25, -0.2) is 4.79 Å². The van der Waals surface area contributed by atoms with E-state index < -0.39 is 0 Å². The Morgan fingerprint density at radius 2 is 2.35 bits per heavy atom. The fourth-order valence-corrected chi connectivity index (χ4v) is 2.83. The van der Waals surface area contributed by atoms with Crippen molar-refractivity contribution in [2.24, 2.45) is 0 Å². The minimum atomic E-state index is -0.266. The molecular weight excluding hydrogens is 302 g/mol. The summed E-state index contributed by atoms with van der Waals surface area (Å²) in [5.41, 5.74) is 0.645. The van der Waals surface area contributed by atoms with E-state index in [9.17, 15) is 4.79 Å². The Bertz CT molecular complexity index is 414. The average molecular weight is 318 g/mol. The van der Waals surface area contributed by atoms with Crippen LogP contribution in [0.5, 0.6) is 0 Å². The molecule has 1 rings (SSSR count). The number of carbonyl (C=O) groups is 1. The van der Waals surface area contributed by atoms with E-state index in [0.717, 1.165) is 17.6 Å². The first-order valence-electron chi connectivity index (χ1n) is 5.19. The minimum Gasteiger partial charge on any atom is -0.466 e. The number of ether oxygens (including phenoxy) is 1.